The first kappa shape index (κ1) is 25.7. The molecule has 1 amide bonds. The van der Waals surface area contributed by atoms with Crippen LogP contribution in [0.1, 0.15) is 30.1 Å². The summed E-state index contributed by atoms with van der Waals surface area (Å²) in [7, 11) is 0. The number of piperidine rings is 1. The van der Waals surface area contributed by atoms with Gasteiger partial charge in [-0.2, -0.15) is 5.10 Å². The number of amides is 1. The molecule has 2 N–H and O–H groups in total. The molecule has 4 aromatic rings. The second kappa shape index (κ2) is 11.6. The highest BCUT2D eigenvalue weighted by atomic mass is 19.1. The molecule has 3 heterocycles. The maximum absolute atomic E-state index is 13.4. The van der Waals surface area contributed by atoms with Gasteiger partial charge in [-0.3, -0.25) is 4.79 Å². The van der Waals surface area contributed by atoms with Gasteiger partial charge < -0.3 is 20.1 Å². The molecule has 5 rings (SSSR count). The fourth-order valence-corrected chi connectivity index (χ4v) is 4.51. The van der Waals surface area contributed by atoms with E-state index in [9.17, 15) is 9.18 Å². The monoisotopic (exact) mass is 526 g/mol. The van der Waals surface area contributed by atoms with Crippen molar-refractivity contribution in [3.8, 4) is 23.3 Å². The van der Waals surface area contributed by atoms with Crippen molar-refractivity contribution in [1.29, 1.82) is 0 Å². The Labute approximate surface area is 225 Å². The van der Waals surface area contributed by atoms with E-state index in [4.69, 9.17) is 20.3 Å². The summed E-state index contributed by atoms with van der Waals surface area (Å²) < 4.78 is 26.6. The average Bonchev–Trinajstić information content (AvgIpc) is 3.34. The quantitative estimate of drug-likeness (QED) is 0.287. The Bertz CT molecular complexity index is 1570. The van der Waals surface area contributed by atoms with E-state index in [1.165, 1.54) is 24.5 Å². The number of benzene rings is 2. The molecule has 0 aliphatic carbocycles. The van der Waals surface area contributed by atoms with Gasteiger partial charge in [-0.1, -0.05) is 30.7 Å². The number of carbonyl (C=O) groups excluding carboxylic acids is 1. The molecule has 0 saturated carbocycles. The number of hydrogen-bond donors (Lipinski definition) is 1. The molecular formula is C29H27FN6O3. The second-order valence-electron chi connectivity index (χ2n) is 9.02. The summed E-state index contributed by atoms with van der Waals surface area (Å²) in [5, 5.41) is 5.29. The zero-order chi connectivity index (χ0) is 27.2. The summed E-state index contributed by atoms with van der Waals surface area (Å²) in [5.74, 6) is 6.95. The van der Waals surface area contributed by atoms with Crippen LogP contribution in [0.5, 0.6) is 11.5 Å². The number of aromatic nitrogens is 4. The zero-order valence-electron chi connectivity index (χ0n) is 21.2. The lowest BCUT2D eigenvalue weighted by Crippen LogP contribution is -2.40. The molecule has 1 aliphatic heterocycles. The third-order valence-corrected chi connectivity index (χ3v) is 6.36. The SMILES string of the molecule is C=CC(=O)N1CCC[C@@H](n2nc(C#CCOc3cccc(COc4cccc(F)c4)c3)c3c(N)ncnc32)C1. The van der Waals surface area contributed by atoms with Crippen molar-refractivity contribution in [2.24, 2.45) is 0 Å². The second-order valence-corrected chi connectivity index (χ2v) is 9.02. The summed E-state index contributed by atoms with van der Waals surface area (Å²) in [4.78, 5) is 22.5. The van der Waals surface area contributed by atoms with Crippen LogP contribution in [0.4, 0.5) is 10.2 Å². The van der Waals surface area contributed by atoms with Crippen molar-refractivity contribution >= 4 is 22.8 Å². The molecule has 0 spiro atoms. The smallest absolute Gasteiger partial charge is 0.246 e. The molecule has 2 aromatic carbocycles. The molecular weight excluding hydrogens is 499 g/mol. The number of carbonyl (C=O) groups is 1. The van der Waals surface area contributed by atoms with Gasteiger partial charge in [0.2, 0.25) is 5.91 Å². The van der Waals surface area contributed by atoms with E-state index in [0.29, 0.717) is 41.3 Å². The minimum absolute atomic E-state index is 0.0661. The van der Waals surface area contributed by atoms with Crippen molar-refractivity contribution in [2.45, 2.75) is 25.5 Å². The highest BCUT2D eigenvalue weighted by molar-refractivity contribution is 5.90. The zero-order valence-corrected chi connectivity index (χ0v) is 21.2. The van der Waals surface area contributed by atoms with E-state index in [1.54, 1.807) is 21.7 Å². The van der Waals surface area contributed by atoms with Gasteiger partial charge in [0, 0.05) is 19.2 Å². The summed E-state index contributed by atoms with van der Waals surface area (Å²) >= 11 is 0. The van der Waals surface area contributed by atoms with Crippen LogP contribution in [0.3, 0.4) is 0 Å². The molecule has 1 fully saturated rings. The van der Waals surface area contributed by atoms with E-state index in [-0.39, 0.29) is 36.8 Å². The molecule has 0 unspecified atom stereocenters. The topological polar surface area (TPSA) is 108 Å². The maximum atomic E-state index is 13.4. The predicted molar refractivity (Wildman–Crippen MR) is 144 cm³/mol. The molecule has 1 aliphatic rings. The van der Waals surface area contributed by atoms with Crippen LogP contribution < -0.4 is 15.2 Å². The van der Waals surface area contributed by atoms with Gasteiger partial charge in [-0.25, -0.2) is 19.0 Å². The summed E-state index contributed by atoms with van der Waals surface area (Å²) in [6.07, 6.45) is 4.41. The number of likely N-dealkylation sites (tertiary alicyclic amines) is 1. The number of nitrogen functional groups attached to an aromatic ring is 1. The molecule has 10 heteroatoms. The van der Waals surface area contributed by atoms with Crippen LogP contribution in [0.2, 0.25) is 0 Å². The lowest BCUT2D eigenvalue weighted by molar-refractivity contribution is -0.127. The number of hydrogen-bond acceptors (Lipinski definition) is 7. The highest BCUT2D eigenvalue weighted by Gasteiger charge is 2.27. The first-order valence-electron chi connectivity index (χ1n) is 12.5. The van der Waals surface area contributed by atoms with Crippen LogP contribution in [0, 0.1) is 17.7 Å². The third kappa shape index (κ3) is 5.99. The van der Waals surface area contributed by atoms with E-state index < -0.39 is 0 Å². The number of nitrogens with zero attached hydrogens (tertiary/aromatic N) is 5. The lowest BCUT2D eigenvalue weighted by atomic mass is 10.1. The maximum Gasteiger partial charge on any atom is 0.246 e. The van der Waals surface area contributed by atoms with Crippen LogP contribution >= 0.6 is 0 Å². The van der Waals surface area contributed by atoms with Gasteiger partial charge in [0.15, 0.2) is 5.65 Å². The molecule has 1 atom stereocenters. The van der Waals surface area contributed by atoms with Crippen LogP contribution in [0.25, 0.3) is 11.0 Å². The standard InChI is InChI=1S/C29H27FN6O3/c1-2-26(37)35-13-5-9-22(17-35)36-29-27(28(31)32-19-33-29)25(34-36)12-6-14-38-23-10-3-7-20(15-23)18-39-24-11-4-8-21(30)16-24/h2-4,7-8,10-11,15-16,19,22H,1,5,9,13-14,17-18H2,(H2,31,32,33)/t22-/m1/s1. The van der Waals surface area contributed by atoms with Gasteiger partial charge >= 0.3 is 0 Å². The Balaban J connectivity index is 1.28. The molecule has 0 radical (unpaired) electrons. The highest BCUT2D eigenvalue weighted by Crippen LogP contribution is 2.28. The number of halogens is 1. The van der Waals surface area contributed by atoms with Crippen LogP contribution in [0.15, 0.2) is 67.5 Å². The van der Waals surface area contributed by atoms with E-state index >= 15 is 0 Å². The summed E-state index contributed by atoms with van der Waals surface area (Å²) in [6, 6.07) is 13.4. The minimum atomic E-state index is -0.349. The van der Waals surface area contributed by atoms with Crippen molar-refractivity contribution in [2.75, 3.05) is 25.4 Å². The Kier molecular flexibility index (Phi) is 7.68. The first-order chi connectivity index (χ1) is 19.0. The Morgan fingerprint density at radius 1 is 1.18 bits per heavy atom. The predicted octanol–water partition coefficient (Wildman–Crippen LogP) is 3.91. The Morgan fingerprint density at radius 3 is 2.82 bits per heavy atom. The first-order valence-corrected chi connectivity index (χ1v) is 12.5. The number of nitrogens with two attached hydrogens (primary N) is 1. The van der Waals surface area contributed by atoms with E-state index in [1.807, 2.05) is 24.3 Å². The average molecular weight is 527 g/mol. The summed E-state index contributed by atoms with van der Waals surface area (Å²) in [5.41, 5.74) is 8.08. The number of anilines is 1. The van der Waals surface area contributed by atoms with Gasteiger partial charge in [0.1, 0.15) is 48.4 Å². The molecule has 39 heavy (non-hydrogen) atoms. The van der Waals surface area contributed by atoms with Crippen molar-refractivity contribution < 1.29 is 18.7 Å². The number of rotatable bonds is 7. The van der Waals surface area contributed by atoms with Crippen molar-refractivity contribution in [3.63, 3.8) is 0 Å². The Hall–Kier alpha value is -4.91. The van der Waals surface area contributed by atoms with Gasteiger partial charge in [0.05, 0.1) is 11.4 Å². The fraction of sp³-hybridized carbons (Fsp3) is 0.241. The van der Waals surface area contributed by atoms with Crippen molar-refractivity contribution in [1.82, 2.24) is 24.6 Å². The van der Waals surface area contributed by atoms with E-state index in [2.05, 4.69) is 28.4 Å². The van der Waals surface area contributed by atoms with Crippen LogP contribution in [-0.4, -0.2) is 50.3 Å². The molecule has 198 valence electrons. The van der Waals surface area contributed by atoms with E-state index in [0.717, 1.165) is 18.4 Å². The molecule has 9 nitrogen and oxygen atoms in total. The van der Waals surface area contributed by atoms with Crippen LogP contribution in [-0.2, 0) is 11.4 Å². The molecule has 2 aromatic heterocycles. The van der Waals surface area contributed by atoms with Gasteiger partial charge in [-0.15, -0.1) is 0 Å². The molecule has 0 bridgehead atoms. The molecule has 1 saturated heterocycles. The largest absolute Gasteiger partial charge is 0.489 e. The van der Waals surface area contributed by atoms with Crippen molar-refractivity contribution in [3.05, 3.63) is 84.6 Å². The van der Waals surface area contributed by atoms with Gasteiger partial charge in [0.25, 0.3) is 0 Å². The number of ether oxygens (including phenoxy) is 2. The minimum Gasteiger partial charge on any atom is -0.489 e. The third-order valence-electron chi connectivity index (χ3n) is 6.36. The Morgan fingerprint density at radius 2 is 2.00 bits per heavy atom. The number of fused-ring (bicyclic) bond motifs is 1. The lowest BCUT2D eigenvalue weighted by Gasteiger charge is -2.32. The fourth-order valence-electron chi connectivity index (χ4n) is 4.51. The summed E-state index contributed by atoms with van der Waals surface area (Å²) in [6.45, 7) is 5.16. The normalized spacial score (nSPS) is 14.9. The van der Waals surface area contributed by atoms with Gasteiger partial charge in [-0.05, 0) is 54.7 Å².